The number of likely N-dealkylation sites (tertiary alicyclic amines) is 1. The summed E-state index contributed by atoms with van der Waals surface area (Å²) in [5.74, 6) is -2.14. The minimum absolute atomic E-state index is 0. The molecule has 122 valence electrons. The summed E-state index contributed by atoms with van der Waals surface area (Å²) in [5, 5.41) is 9.43. The maximum absolute atomic E-state index is 13.3. The molecule has 0 spiro atoms. The van der Waals surface area contributed by atoms with Crippen molar-refractivity contribution in [1.29, 1.82) is 0 Å². The Hall–Kier alpha value is -1.20. The number of halogens is 3. The molecule has 3 nitrogen and oxygen atoms in total. The monoisotopic (exact) mass is 331 g/mol. The van der Waals surface area contributed by atoms with E-state index in [1.807, 2.05) is 4.90 Å². The molecule has 0 bridgehead atoms. The van der Waals surface area contributed by atoms with Gasteiger partial charge in [-0.05, 0) is 42.9 Å². The standard InChI is InChI=1S/C16H19F2NO2.ClH/c17-12-6-5-10(7-13(12)18)9-19-14-4-2-1-3-11(14)8-15(19)16(20)21;/h5-7,11,14-15H,1-4,8-9H2,(H,20,21);1H. The summed E-state index contributed by atoms with van der Waals surface area (Å²) in [6.07, 6.45) is 5.01. The maximum Gasteiger partial charge on any atom is 0.320 e. The number of carbonyl (C=O) groups is 1. The van der Waals surface area contributed by atoms with E-state index in [1.54, 1.807) is 0 Å². The third-order valence-corrected chi connectivity index (χ3v) is 4.86. The Kier molecular flexibility index (Phi) is 5.40. The van der Waals surface area contributed by atoms with Gasteiger partial charge in [0.05, 0.1) is 0 Å². The summed E-state index contributed by atoms with van der Waals surface area (Å²) in [7, 11) is 0. The number of benzene rings is 1. The van der Waals surface area contributed by atoms with E-state index < -0.39 is 23.6 Å². The minimum Gasteiger partial charge on any atom is -0.480 e. The van der Waals surface area contributed by atoms with Gasteiger partial charge >= 0.3 is 5.97 Å². The molecule has 1 aromatic rings. The van der Waals surface area contributed by atoms with Gasteiger partial charge in [0.15, 0.2) is 11.6 Å². The van der Waals surface area contributed by atoms with Gasteiger partial charge in [0.1, 0.15) is 6.04 Å². The third-order valence-electron chi connectivity index (χ3n) is 4.86. The first-order valence-corrected chi connectivity index (χ1v) is 7.48. The van der Waals surface area contributed by atoms with Crippen molar-refractivity contribution in [3.05, 3.63) is 35.4 Å². The normalized spacial score (nSPS) is 28.0. The molecule has 1 saturated carbocycles. The number of carboxylic acid groups (broad SMARTS) is 1. The van der Waals surface area contributed by atoms with Gasteiger partial charge < -0.3 is 5.11 Å². The molecule has 1 aliphatic carbocycles. The van der Waals surface area contributed by atoms with Gasteiger partial charge in [-0.1, -0.05) is 18.9 Å². The molecule has 1 aromatic carbocycles. The maximum atomic E-state index is 13.3. The fourth-order valence-corrected chi connectivity index (χ4v) is 3.87. The molecule has 2 aliphatic rings. The van der Waals surface area contributed by atoms with Crippen LogP contribution in [0.1, 0.15) is 37.7 Å². The number of hydrogen-bond acceptors (Lipinski definition) is 2. The molecular formula is C16H20ClF2NO2. The van der Waals surface area contributed by atoms with Crippen LogP contribution < -0.4 is 0 Å². The van der Waals surface area contributed by atoms with Crippen molar-refractivity contribution in [3.8, 4) is 0 Å². The first-order valence-electron chi connectivity index (χ1n) is 7.48. The van der Waals surface area contributed by atoms with Crippen LogP contribution in [0.4, 0.5) is 8.78 Å². The fraction of sp³-hybridized carbons (Fsp3) is 0.562. The van der Waals surface area contributed by atoms with Gasteiger partial charge in [-0.25, -0.2) is 8.78 Å². The fourth-order valence-electron chi connectivity index (χ4n) is 3.87. The van der Waals surface area contributed by atoms with Crippen LogP contribution in [0.25, 0.3) is 0 Å². The number of carboxylic acids is 1. The molecule has 0 amide bonds. The van der Waals surface area contributed by atoms with Crippen LogP contribution in [0.2, 0.25) is 0 Å². The molecule has 3 atom stereocenters. The highest BCUT2D eigenvalue weighted by Gasteiger charge is 2.44. The van der Waals surface area contributed by atoms with Gasteiger partial charge in [-0.15, -0.1) is 12.4 Å². The number of rotatable bonds is 3. The van der Waals surface area contributed by atoms with Crippen LogP contribution in [0, 0.1) is 17.6 Å². The zero-order chi connectivity index (χ0) is 15.0. The molecule has 3 unspecified atom stereocenters. The lowest BCUT2D eigenvalue weighted by Crippen LogP contribution is -2.41. The Morgan fingerprint density at radius 3 is 2.64 bits per heavy atom. The molecule has 22 heavy (non-hydrogen) atoms. The Bertz CT molecular complexity index is 555. The smallest absolute Gasteiger partial charge is 0.320 e. The molecule has 0 radical (unpaired) electrons. The molecule has 1 aliphatic heterocycles. The van der Waals surface area contributed by atoms with Crippen molar-refractivity contribution in [3.63, 3.8) is 0 Å². The second kappa shape index (κ2) is 6.92. The molecule has 1 heterocycles. The van der Waals surface area contributed by atoms with Gasteiger partial charge in [0.2, 0.25) is 0 Å². The highest BCUT2D eigenvalue weighted by atomic mass is 35.5. The SMILES string of the molecule is Cl.O=C(O)C1CC2CCCCC2N1Cc1ccc(F)c(F)c1. The summed E-state index contributed by atoms with van der Waals surface area (Å²) in [5.41, 5.74) is 0.631. The first-order chi connectivity index (χ1) is 10.1. The lowest BCUT2D eigenvalue weighted by Gasteiger charge is -2.33. The van der Waals surface area contributed by atoms with Gasteiger partial charge in [0.25, 0.3) is 0 Å². The predicted molar refractivity (Wildman–Crippen MR) is 80.9 cm³/mol. The van der Waals surface area contributed by atoms with Crippen LogP contribution in [0.15, 0.2) is 18.2 Å². The van der Waals surface area contributed by atoms with E-state index in [2.05, 4.69) is 0 Å². The van der Waals surface area contributed by atoms with Crippen LogP contribution in [-0.4, -0.2) is 28.1 Å². The quantitative estimate of drug-likeness (QED) is 0.920. The Morgan fingerprint density at radius 1 is 1.23 bits per heavy atom. The molecule has 1 saturated heterocycles. The number of aliphatic carboxylic acids is 1. The van der Waals surface area contributed by atoms with E-state index in [1.165, 1.54) is 12.1 Å². The third kappa shape index (κ3) is 3.25. The van der Waals surface area contributed by atoms with Crippen molar-refractivity contribution < 1.29 is 18.7 Å². The van der Waals surface area contributed by atoms with Crippen molar-refractivity contribution in [2.45, 2.75) is 50.7 Å². The Balaban J connectivity index is 0.00000176. The summed E-state index contributed by atoms with van der Waals surface area (Å²) in [6, 6.07) is 3.56. The Labute approximate surface area is 134 Å². The molecule has 0 aromatic heterocycles. The van der Waals surface area contributed by atoms with Crippen molar-refractivity contribution in [1.82, 2.24) is 4.90 Å². The largest absolute Gasteiger partial charge is 0.480 e. The second-order valence-corrected chi connectivity index (χ2v) is 6.12. The zero-order valence-corrected chi connectivity index (χ0v) is 13.0. The van der Waals surface area contributed by atoms with Crippen molar-refractivity contribution >= 4 is 18.4 Å². The lowest BCUT2D eigenvalue weighted by molar-refractivity contribution is -0.142. The van der Waals surface area contributed by atoms with Gasteiger partial charge in [0, 0.05) is 12.6 Å². The van der Waals surface area contributed by atoms with Gasteiger partial charge in [-0.2, -0.15) is 0 Å². The minimum atomic E-state index is -0.876. The predicted octanol–water partition coefficient (Wildman–Crippen LogP) is 3.60. The van der Waals surface area contributed by atoms with E-state index >= 15 is 0 Å². The highest BCUT2D eigenvalue weighted by Crippen LogP contribution is 2.40. The number of nitrogens with zero attached hydrogens (tertiary/aromatic N) is 1. The van der Waals surface area contributed by atoms with E-state index in [0.29, 0.717) is 24.4 Å². The van der Waals surface area contributed by atoms with Crippen LogP contribution >= 0.6 is 12.4 Å². The summed E-state index contributed by atoms with van der Waals surface area (Å²) in [6.45, 7) is 0.370. The molecular weight excluding hydrogens is 312 g/mol. The van der Waals surface area contributed by atoms with E-state index in [9.17, 15) is 18.7 Å². The molecule has 3 rings (SSSR count). The molecule has 6 heteroatoms. The highest BCUT2D eigenvalue weighted by molar-refractivity contribution is 5.85. The summed E-state index contributed by atoms with van der Waals surface area (Å²) in [4.78, 5) is 13.5. The van der Waals surface area contributed by atoms with E-state index in [4.69, 9.17) is 0 Å². The summed E-state index contributed by atoms with van der Waals surface area (Å²) < 4.78 is 26.3. The molecule has 2 fully saturated rings. The topological polar surface area (TPSA) is 40.5 Å². The van der Waals surface area contributed by atoms with Crippen molar-refractivity contribution in [2.24, 2.45) is 5.92 Å². The van der Waals surface area contributed by atoms with Gasteiger partial charge in [-0.3, -0.25) is 9.69 Å². The average molecular weight is 332 g/mol. The van der Waals surface area contributed by atoms with Crippen LogP contribution in [0.5, 0.6) is 0 Å². The second-order valence-electron chi connectivity index (χ2n) is 6.12. The van der Waals surface area contributed by atoms with Crippen LogP contribution in [-0.2, 0) is 11.3 Å². The van der Waals surface area contributed by atoms with Crippen molar-refractivity contribution in [2.75, 3.05) is 0 Å². The molecule has 1 N–H and O–H groups in total. The van der Waals surface area contributed by atoms with E-state index in [-0.39, 0.29) is 18.4 Å². The van der Waals surface area contributed by atoms with E-state index in [0.717, 1.165) is 31.7 Å². The Morgan fingerprint density at radius 2 is 1.95 bits per heavy atom. The average Bonchev–Trinajstić information content (AvgIpc) is 2.82. The lowest BCUT2D eigenvalue weighted by atomic mass is 9.84. The summed E-state index contributed by atoms with van der Waals surface area (Å²) >= 11 is 0. The number of hydrogen-bond donors (Lipinski definition) is 1. The first kappa shape index (κ1) is 17.2. The zero-order valence-electron chi connectivity index (χ0n) is 12.2. The number of fused-ring (bicyclic) bond motifs is 1. The van der Waals surface area contributed by atoms with Crippen LogP contribution in [0.3, 0.4) is 0 Å².